The van der Waals surface area contributed by atoms with Gasteiger partial charge in [0.2, 0.25) is 0 Å². The lowest BCUT2D eigenvalue weighted by Gasteiger charge is -2.25. The number of carbonyl (C=O) groups excluding carboxylic acids is 1. The summed E-state index contributed by atoms with van der Waals surface area (Å²) in [6, 6.07) is 17.0. The first-order valence-electron chi connectivity index (χ1n) is 8.45. The van der Waals surface area contributed by atoms with E-state index < -0.39 is 0 Å². The molecule has 2 aromatic carbocycles. The van der Waals surface area contributed by atoms with E-state index in [0.717, 1.165) is 19.6 Å². The minimum Gasteiger partial charge on any atom is -0.457 e. The monoisotopic (exact) mass is 362 g/mol. The van der Waals surface area contributed by atoms with Gasteiger partial charge in [-0.1, -0.05) is 44.2 Å². The second-order valence-electron chi connectivity index (χ2n) is 5.82. The van der Waals surface area contributed by atoms with Gasteiger partial charge in [-0.2, -0.15) is 0 Å². The van der Waals surface area contributed by atoms with Crippen molar-refractivity contribution in [3.63, 3.8) is 0 Å². The van der Waals surface area contributed by atoms with Crippen LogP contribution in [0.4, 0.5) is 5.69 Å². The lowest BCUT2D eigenvalue weighted by molar-refractivity contribution is 0.0212. The van der Waals surface area contributed by atoms with Crippen LogP contribution in [-0.2, 0) is 11.2 Å². The number of nitrogens with zero attached hydrogens (tertiary/aromatic N) is 1. The number of carbonyl (C=O) groups is 1. The maximum atomic E-state index is 12.4. The van der Waals surface area contributed by atoms with Crippen LogP contribution in [0.25, 0.3) is 0 Å². The van der Waals surface area contributed by atoms with Gasteiger partial charge in [-0.15, -0.1) is 12.4 Å². The van der Waals surface area contributed by atoms with Crippen LogP contribution in [0.3, 0.4) is 0 Å². The number of hydrogen-bond donors (Lipinski definition) is 1. The highest BCUT2D eigenvalue weighted by Gasteiger charge is 2.19. The number of nitrogens with two attached hydrogens (primary N) is 1. The zero-order valence-corrected chi connectivity index (χ0v) is 15.7. The van der Waals surface area contributed by atoms with Crippen molar-refractivity contribution >= 4 is 24.1 Å². The van der Waals surface area contributed by atoms with Crippen molar-refractivity contribution in [3.05, 3.63) is 65.7 Å². The predicted molar refractivity (Wildman–Crippen MR) is 105 cm³/mol. The SMILES string of the molecule is CCN(CC)CC(Cc1ccccc1)OC(=O)c1ccc(N)cc1.Cl. The van der Waals surface area contributed by atoms with Gasteiger partial charge in [0.05, 0.1) is 5.56 Å². The molecule has 2 aromatic rings. The Bertz CT molecular complexity index is 628. The van der Waals surface area contributed by atoms with Crippen molar-refractivity contribution in [1.82, 2.24) is 4.90 Å². The summed E-state index contributed by atoms with van der Waals surface area (Å²) in [5.74, 6) is -0.303. The van der Waals surface area contributed by atoms with E-state index in [1.54, 1.807) is 24.3 Å². The lowest BCUT2D eigenvalue weighted by atomic mass is 10.1. The van der Waals surface area contributed by atoms with Gasteiger partial charge < -0.3 is 15.4 Å². The van der Waals surface area contributed by atoms with Gasteiger partial charge in [-0.05, 0) is 42.9 Å². The summed E-state index contributed by atoms with van der Waals surface area (Å²) < 4.78 is 5.79. The van der Waals surface area contributed by atoms with Gasteiger partial charge >= 0.3 is 5.97 Å². The molecule has 0 saturated carbocycles. The molecule has 0 saturated heterocycles. The van der Waals surface area contributed by atoms with Crippen molar-refractivity contribution in [1.29, 1.82) is 0 Å². The third-order valence-corrected chi connectivity index (χ3v) is 4.08. The molecule has 0 heterocycles. The first-order chi connectivity index (χ1) is 11.6. The standard InChI is InChI=1S/C20H26N2O2.ClH/c1-3-22(4-2)15-19(14-16-8-6-5-7-9-16)24-20(23)17-10-12-18(21)13-11-17;/h5-13,19H,3-4,14-15,21H2,1-2H3;1H. The van der Waals surface area contributed by atoms with Crippen molar-refractivity contribution < 1.29 is 9.53 Å². The van der Waals surface area contributed by atoms with E-state index >= 15 is 0 Å². The molecular formula is C20H27ClN2O2. The fourth-order valence-corrected chi connectivity index (χ4v) is 2.63. The number of esters is 1. The number of anilines is 1. The Kier molecular flexibility index (Phi) is 9.03. The lowest BCUT2D eigenvalue weighted by Crippen LogP contribution is -2.36. The normalized spacial score (nSPS) is 11.6. The molecule has 2 N–H and O–H groups in total. The van der Waals surface area contributed by atoms with Gasteiger partial charge in [0, 0.05) is 18.7 Å². The van der Waals surface area contributed by atoms with E-state index in [2.05, 4.69) is 30.9 Å². The minimum absolute atomic E-state index is 0. The van der Waals surface area contributed by atoms with E-state index in [4.69, 9.17) is 10.5 Å². The number of ether oxygens (including phenoxy) is 1. The van der Waals surface area contributed by atoms with Gasteiger partial charge in [-0.25, -0.2) is 4.79 Å². The quantitative estimate of drug-likeness (QED) is 0.573. The average Bonchev–Trinajstić information content (AvgIpc) is 2.60. The molecule has 0 bridgehead atoms. The van der Waals surface area contributed by atoms with Crippen LogP contribution >= 0.6 is 12.4 Å². The Morgan fingerprint density at radius 3 is 2.20 bits per heavy atom. The highest BCUT2D eigenvalue weighted by atomic mass is 35.5. The Morgan fingerprint density at radius 2 is 1.64 bits per heavy atom. The van der Waals surface area contributed by atoms with E-state index in [1.807, 2.05) is 18.2 Å². The maximum Gasteiger partial charge on any atom is 0.338 e. The first kappa shape index (κ1) is 21.0. The van der Waals surface area contributed by atoms with Crippen LogP contribution in [-0.4, -0.2) is 36.6 Å². The number of likely N-dealkylation sites (N-methyl/N-ethyl adjacent to an activating group) is 1. The molecule has 4 nitrogen and oxygen atoms in total. The Balaban J connectivity index is 0.00000312. The summed E-state index contributed by atoms with van der Waals surface area (Å²) in [4.78, 5) is 14.7. The Hall–Kier alpha value is -2.04. The van der Waals surface area contributed by atoms with Gasteiger partial charge in [0.1, 0.15) is 6.10 Å². The van der Waals surface area contributed by atoms with Crippen LogP contribution < -0.4 is 5.73 Å². The van der Waals surface area contributed by atoms with Crippen molar-refractivity contribution in [3.8, 4) is 0 Å². The van der Waals surface area contributed by atoms with Crippen LogP contribution in [0.1, 0.15) is 29.8 Å². The number of rotatable bonds is 8. The number of hydrogen-bond acceptors (Lipinski definition) is 4. The molecule has 2 rings (SSSR count). The third kappa shape index (κ3) is 6.77. The summed E-state index contributed by atoms with van der Waals surface area (Å²) in [5, 5.41) is 0. The fourth-order valence-electron chi connectivity index (χ4n) is 2.63. The summed E-state index contributed by atoms with van der Waals surface area (Å²) in [5.41, 5.74) is 8.00. The van der Waals surface area contributed by atoms with Crippen LogP contribution in [0.2, 0.25) is 0 Å². The molecule has 136 valence electrons. The highest BCUT2D eigenvalue weighted by molar-refractivity contribution is 5.89. The van der Waals surface area contributed by atoms with Gasteiger partial charge in [0.25, 0.3) is 0 Å². The number of benzene rings is 2. The molecule has 0 aromatic heterocycles. The van der Waals surface area contributed by atoms with Gasteiger partial charge in [0.15, 0.2) is 0 Å². The summed E-state index contributed by atoms with van der Waals surface area (Å²) in [7, 11) is 0. The Labute approximate surface area is 156 Å². The van der Waals surface area contributed by atoms with E-state index in [0.29, 0.717) is 17.7 Å². The largest absolute Gasteiger partial charge is 0.457 e. The van der Waals surface area contributed by atoms with Crippen LogP contribution in [0.5, 0.6) is 0 Å². The molecular weight excluding hydrogens is 336 g/mol. The molecule has 5 heteroatoms. The first-order valence-corrected chi connectivity index (χ1v) is 8.45. The summed E-state index contributed by atoms with van der Waals surface area (Å²) in [6.45, 7) is 6.82. The zero-order valence-electron chi connectivity index (χ0n) is 14.9. The van der Waals surface area contributed by atoms with Crippen LogP contribution in [0, 0.1) is 0 Å². The molecule has 0 aliphatic carbocycles. The third-order valence-electron chi connectivity index (χ3n) is 4.08. The molecule has 0 aliphatic heterocycles. The van der Waals surface area contributed by atoms with E-state index in [-0.39, 0.29) is 24.5 Å². The molecule has 1 atom stereocenters. The molecule has 0 radical (unpaired) electrons. The Morgan fingerprint density at radius 1 is 1.04 bits per heavy atom. The van der Waals surface area contributed by atoms with Gasteiger partial charge in [-0.3, -0.25) is 0 Å². The molecule has 0 spiro atoms. The number of nitrogen functional groups attached to an aromatic ring is 1. The zero-order chi connectivity index (χ0) is 17.4. The van der Waals surface area contributed by atoms with Crippen molar-refractivity contribution in [2.75, 3.05) is 25.4 Å². The molecule has 0 aliphatic rings. The second-order valence-corrected chi connectivity index (χ2v) is 5.82. The highest BCUT2D eigenvalue weighted by Crippen LogP contribution is 2.12. The van der Waals surface area contributed by atoms with Crippen molar-refractivity contribution in [2.45, 2.75) is 26.4 Å². The topological polar surface area (TPSA) is 55.6 Å². The van der Waals surface area contributed by atoms with E-state index in [1.165, 1.54) is 5.56 Å². The molecule has 25 heavy (non-hydrogen) atoms. The molecule has 1 unspecified atom stereocenters. The number of halogens is 1. The van der Waals surface area contributed by atoms with Crippen molar-refractivity contribution in [2.24, 2.45) is 0 Å². The predicted octanol–water partition coefficient (Wildman–Crippen LogP) is 3.80. The van der Waals surface area contributed by atoms with Crippen LogP contribution in [0.15, 0.2) is 54.6 Å². The smallest absolute Gasteiger partial charge is 0.338 e. The second kappa shape index (κ2) is 10.7. The summed E-state index contributed by atoms with van der Waals surface area (Å²) >= 11 is 0. The fraction of sp³-hybridized carbons (Fsp3) is 0.350. The van der Waals surface area contributed by atoms with E-state index in [9.17, 15) is 4.79 Å². The average molecular weight is 363 g/mol. The maximum absolute atomic E-state index is 12.4. The molecule has 0 amide bonds. The minimum atomic E-state index is -0.303. The molecule has 0 fully saturated rings. The summed E-state index contributed by atoms with van der Waals surface area (Å²) in [6.07, 6.45) is 0.523.